The second kappa shape index (κ2) is 5.05. The zero-order valence-electron chi connectivity index (χ0n) is 8.63. The summed E-state index contributed by atoms with van der Waals surface area (Å²) in [7, 11) is 0. The number of hydrogen-bond donors (Lipinski definition) is 1. The molecular formula is C10H16ClN3. The van der Waals surface area contributed by atoms with Crippen LogP contribution in [-0.2, 0) is 0 Å². The lowest BCUT2D eigenvalue weighted by atomic mass is 10.3. The van der Waals surface area contributed by atoms with Crippen molar-refractivity contribution in [3.05, 3.63) is 17.3 Å². The summed E-state index contributed by atoms with van der Waals surface area (Å²) in [4.78, 5) is 6.36. The van der Waals surface area contributed by atoms with Crippen molar-refractivity contribution in [1.82, 2.24) is 4.98 Å². The van der Waals surface area contributed by atoms with Gasteiger partial charge in [0.25, 0.3) is 0 Å². The zero-order chi connectivity index (χ0) is 10.6. The van der Waals surface area contributed by atoms with E-state index in [1.54, 1.807) is 12.1 Å². The van der Waals surface area contributed by atoms with Crippen molar-refractivity contribution in [3.8, 4) is 0 Å². The van der Waals surface area contributed by atoms with Crippen LogP contribution in [0.1, 0.15) is 20.3 Å². The van der Waals surface area contributed by atoms with E-state index >= 15 is 0 Å². The third kappa shape index (κ3) is 2.51. The molecule has 0 atom stereocenters. The molecule has 0 amide bonds. The number of pyridine rings is 1. The summed E-state index contributed by atoms with van der Waals surface area (Å²) in [6, 6.07) is 3.50. The van der Waals surface area contributed by atoms with Gasteiger partial charge in [-0.15, -0.1) is 0 Å². The van der Waals surface area contributed by atoms with Crippen LogP contribution in [0.15, 0.2) is 12.1 Å². The van der Waals surface area contributed by atoms with E-state index in [0.717, 1.165) is 25.3 Å². The van der Waals surface area contributed by atoms with Crippen LogP contribution in [0.4, 0.5) is 11.5 Å². The SMILES string of the molecule is CCCN(CC)c1nc(Cl)ccc1N. The van der Waals surface area contributed by atoms with Crippen molar-refractivity contribution < 1.29 is 0 Å². The second-order valence-electron chi connectivity index (χ2n) is 3.13. The molecule has 1 aromatic rings. The van der Waals surface area contributed by atoms with Gasteiger partial charge in [-0.1, -0.05) is 18.5 Å². The molecule has 1 aromatic heterocycles. The molecule has 14 heavy (non-hydrogen) atoms. The van der Waals surface area contributed by atoms with Gasteiger partial charge in [-0.3, -0.25) is 0 Å². The monoisotopic (exact) mass is 213 g/mol. The zero-order valence-corrected chi connectivity index (χ0v) is 9.38. The van der Waals surface area contributed by atoms with E-state index in [1.807, 2.05) is 0 Å². The smallest absolute Gasteiger partial charge is 0.153 e. The van der Waals surface area contributed by atoms with Gasteiger partial charge in [-0.05, 0) is 25.5 Å². The minimum absolute atomic E-state index is 0.490. The van der Waals surface area contributed by atoms with Crippen molar-refractivity contribution in [2.45, 2.75) is 20.3 Å². The molecule has 0 saturated heterocycles. The highest BCUT2D eigenvalue weighted by molar-refractivity contribution is 6.29. The van der Waals surface area contributed by atoms with Crippen LogP contribution in [-0.4, -0.2) is 18.1 Å². The summed E-state index contributed by atoms with van der Waals surface area (Å²) in [6.45, 7) is 6.06. The van der Waals surface area contributed by atoms with Crippen LogP contribution < -0.4 is 10.6 Å². The van der Waals surface area contributed by atoms with Crippen LogP contribution in [0.2, 0.25) is 5.15 Å². The predicted octanol–water partition coefficient (Wildman–Crippen LogP) is 2.55. The molecule has 2 N–H and O–H groups in total. The fourth-order valence-electron chi connectivity index (χ4n) is 1.37. The quantitative estimate of drug-likeness (QED) is 0.782. The summed E-state index contributed by atoms with van der Waals surface area (Å²) in [5.74, 6) is 0.793. The van der Waals surface area contributed by atoms with Gasteiger partial charge in [0.15, 0.2) is 5.82 Å². The number of halogens is 1. The Morgan fingerprint density at radius 2 is 2.14 bits per heavy atom. The maximum absolute atomic E-state index is 5.83. The molecule has 0 unspecified atom stereocenters. The molecule has 78 valence electrons. The molecule has 0 fully saturated rings. The first-order chi connectivity index (χ1) is 6.69. The third-order valence-electron chi connectivity index (χ3n) is 2.05. The van der Waals surface area contributed by atoms with E-state index in [4.69, 9.17) is 17.3 Å². The van der Waals surface area contributed by atoms with Gasteiger partial charge in [-0.25, -0.2) is 4.98 Å². The molecule has 0 aliphatic rings. The molecule has 0 aliphatic carbocycles. The Bertz CT molecular complexity index is 301. The first kappa shape index (κ1) is 11.1. The van der Waals surface area contributed by atoms with Crippen molar-refractivity contribution in [2.75, 3.05) is 23.7 Å². The number of nitrogen functional groups attached to an aromatic ring is 1. The summed E-state index contributed by atoms with van der Waals surface area (Å²) in [5, 5.41) is 0.490. The van der Waals surface area contributed by atoms with E-state index in [0.29, 0.717) is 10.8 Å². The third-order valence-corrected chi connectivity index (χ3v) is 2.26. The normalized spacial score (nSPS) is 10.2. The molecule has 0 saturated carbocycles. The molecule has 0 bridgehead atoms. The Kier molecular flexibility index (Phi) is 4.01. The fraction of sp³-hybridized carbons (Fsp3) is 0.500. The van der Waals surface area contributed by atoms with Crippen molar-refractivity contribution in [2.24, 2.45) is 0 Å². The minimum Gasteiger partial charge on any atom is -0.396 e. The Morgan fingerprint density at radius 1 is 1.43 bits per heavy atom. The van der Waals surface area contributed by atoms with Crippen molar-refractivity contribution in [1.29, 1.82) is 0 Å². The van der Waals surface area contributed by atoms with Gasteiger partial charge < -0.3 is 10.6 Å². The van der Waals surface area contributed by atoms with Gasteiger partial charge in [-0.2, -0.15) is 0 Å². The van der Waals surface area contributed by atoms with Crippen LogP contribution >= 0.6 is 11.6 Å². The summed E-state index contributed by atoms with van der Waals surface area (Å²) in [6.07, 6.45) is 1.07. The topological polar surface area (TPSA) is 42.2 Å². The molecule has 1 rings (SSSR count). The largest absolute Gasteiger partial charge is 0.396 e. The lowest BCUT2D eigenvalue weighted by Crippen LogP contribution is -2.25. The maximum atomic E-state index is 5.83. The average Bonchev–Trinajstić information content (AvgIpc) is 2.18. The Labute approximate surface area is 89.9 Å². The molecule has 3 nitrogen and oxygen atoms in total. The van der Waals surface area contributed by atoms with Crippen LogP contribution in [0.25, 0.3) is 0 Å². The first-order valence-corrected chi connectivity index (χ1v) is 5.23. The molecule has 0 aliphatic heterocycles. The predicted molar refractivity (Wildman–Crippen MR) is 61.8 cm³/mol. The van der Waals surface area contributed by atoms with Gasteiger partial charge in [0.2, 0.25) is 0 Å². The highest BCUT2D eigenvalue weighted by Crippen LogP contribution is 2.22. The van der Waals surface area contributed by atoms with Crippen LogP contribution in [0.3, 0.4) is 0 Å². The van der Waals surface area contributed by atoms with E-state index in [2.05, 4.69) is 23.7 Å². The summed E-state index contributed by atoms with van der Waals surface area (Å²) < 4.78 is 0. The minimum atomic E-state index is 0.490. The Balaban J connectivity index is 2.96. The number of anilines is 2. The number of nitrogens with two attached hydrogens (primary N) is 1. The second-order valence-corrected chi connectivity index (χ2v) is 3.51. The van der Waals surface area contributed by atoms with E-state index in [-0.39, 0.29) is 0 Å². The summed E-state index contributed by atoms with van der Waals surface area (Å²) >= 11 is 5.82. The Hall–Kier alpha value is -0.960. The summed E-state index contributed by atoms with van der Waals surface area (Å²) in [5.41, 5.74) is 6.52. The molecule has 0 spiro atoms. The lowest BCUT2D eigenvalue weighted by molar-refractivity contribution is 0.780. The fourth-order valence-corrected chi connectivity index (χ4v) is 1.52. The van der Waals surface area contributed by atoms with Crippen molar-refractivity contribution >= 4 is 23.1 Å². The van der Waals surface area contributed by atoms with Crippen LogP contribution in [0, 0.1) is 0 Å². The van der Waals surface area contributed by atoms with E-state index in [9.17, 15) is 0 Å². The molecule has 4 heteroatoms. The van der Waals surface area contributed by atoms with E-state index in [1.165, 1.54) is 0 Å². The average molecular weight is 214 g/mol. The molecule has 0 aromatic carbocycles. The standard InChI is InChI=1S/C10H16ClN3/c1-3-7-14(4-2)10-8(12)5-6-9(11)13-10/h5-6H,3-4,7,12H2,1-2H3. The van der Waals surface area contributed by atoms with Gasteiger partial charge in [0, 0.05) is 13.1 Å². The lowest BCUT2D eigenvalue weighted by Gasteiger charge is -2.22. The number of aromatic nitrogens is 1. The molecule has 0 radical (unpaired) electrons. The van der Waals surface area contributed by atoms with Gasteiger partial charge in [0.05, 0.1) is 5.69 Å². The highest BCUT2D eigenvalue weighted by atomic mass is 35.5. The van der Waals surface area contributed by atoms with Crippen LogP contribution in [0.5, 0.6) is 0 Å². The molecule has 1 heterocycles. The van der Waals surface area contributed by atoms with Crippen molar-refractivity contribution in [3.63, 3.8) is 0 Å². The number of rotatable bonds is 4. The number of hydrogen-bond acceptors (Lipinski definition) is 3. The maximum Gasteiger partial charge on any atom is 0.153 e. The highest BCUT2D eigenvalue weighted by Gasteiger charge is 2.08. The Morgan fingerprint density at radius 3 is 2.71 bits per heavy atom. The first-order valence-electron chi connectivity index (χ1n) is 4.86. The van der Waals surface area contributed by atoms with Gasteiger partial charge in [0.1, 0.15) is 5.15 Å². The number of nitrogens with zero attached hydrogens (tertiary/aromatic N) is 2. The molecular weight excluding hydrogens is 198 g/mol. The van der Waals surface area contributed by atoms with Gasteiger partial charge >= 0.3 is 0 Å². The van der Waals surface area contributed by atoms with E-state index < -0.39 is 0 Å².